The van der Waals surface area contributed by atoms with Crippen molar-refractivity contribution in [2.75, 3.05) is 59.1 Å². The van der Waals surface area contributed by atoms with Gasteiger partial charge in [-0.05, 0) is 31.2 Å². The van der Waals surface area contributed by atoms with Gasteiger partial charge in [-0.25, -0.2) is 9.97 Å². The zero-order chi connectivity index (χ0) is 25.8. The number of benzene rings is 2. The molecule has 1 aromatic heterocycles. The lowest BCUT2D eigenvalue weighted by Gasteiger charge is -2.15. The molecule has 0 fully saturated rings. The number of hydrogen-bond acceptors (Lipinski definition) is 10. The third-order valence-electron chi connectivity index (χ3n) is 4.88. The Morgan fingerprint density at radius 1 is 0.917 bits per heavy atom. The maximum absolute atomic E-state index is 12.5. The number of carbonyl (C=O) groups excluding carboxylic acids is 2. The van der Waals surface area contributed by atoms with E-state index in [1.165, 1.54) is 6.33 Å². The largest absolute Gasteiger partial charge is 0.487 e. The third kappa shape index (κ3) is 7.52. The van der Waals surface area contributed by atoms with Gasteiger partial charge in [-0.15, -0.1) is 0 Å². The number of rotatable bonds is 14. The van der Waals surface area contributed by atoms with Crippen molar-refractivity contribution >= 4 is 34.3 Å². The number of hydrogen-bond donors (Lipinski definition) is 2. The first kappa shape index (κ1) is 26.6. The van der Waals surface area contributed by atoms with E-state index in [1.54, 1.807) is 57.5 Å². The average Bonchev–Trinajstić information content (AvgIpc) is 2.88. The van der Waals surface area contributed by atoms with Crippen LogP contribution in [-0.2, 0) is 19.0 Å². The number of carbonyl (C=O) groups is 2. The second-order valence-electron chi connectivity index (χ2n) is 7.41. The monoisotopic (exact) mass is 498 g/mol. The van der Waals surface area contributed by atoms with Crippen LogP contribution in [0.5, 0.6) is 11.5 Å². The molecule has 0 aliphatic heterocycles. The van der Waals surface area contributed by atoms with Crippen molar-refractivity contribution in [2.45, 2.75) is 6.92 Å². The molecule has 0 atom stereocenters. The van der Waals surface area contributed by atoms with E-state index in [1.807, 2.05) is 0 Å². The first-order chi connectivity index (χ1) is 17.5. The van der Waals surface area contributed by atoms with Gasteiger partial charge in [0.15, 0.2) is 11.5 Å². The molecule has 36 heavy (non-hydrogen) atoms. The van der Waals surface area contributed by atoms with Crippen molar-refractivity contribution in [3.05, 3.63) is 48.3 Å². The van der Waals surface area contributed by atoms with Crippen molar-refractivity contribution in [1.29, 1.82) is 0 Å². The molecule has 192 valence electrons. The Hall–Kier alpha value is -3.96. The standard InChI is InChI=1S/C25H30N4O7/c1-4-34-23(30)15-26-25(31)17-6-5-7-18(12-17)29-24-19-13-21(35-10-8-32-2)22(36-11-9-33-3)14-20(19)27-16-28-24/h5-7,12-14,16H,4,8-11,15H2,1-3H3,(H,26,31)(H,27,28,29). The minimum atomic E-state index is -0.498. The summed E-state index contributed by atoms with van der Waals surface area (Å²) in [5, 5.41) is 6.47. The molecule has 11 nitrogen and oxygen atoms in total. The second kappa shape index (κ2) is 13.8. The zero-order valence-corrected chi connectivity index (χ0v) is 20.5. The molecule has 3 aromatic rings. The maximum Gasteiger partial charge on any atom is 0.325 e. The molecule has 0 spiro atoms. The summed E-state index contributed by atoms with van der Waals surface area (Å²) in [5.74, 6) is 0.665. The maximum atomic E-state index is 12.5. The van der Waals surface area contributed by atoms with Gasteiger partial charge in [0.05, 0.1) is 25.3 Å². The SMILES string of the molecule is CCOC(=O)CNC(=O)c1cccc(Nc2ncnc3cc(OCCOC)c(OCCOC)cc23)c1. The molecule has 0 unspecified atom stereocenters. The fourth-order valence-electron chi connectivity index (χ4n) is 3.20. The van der Waals surface area contributed by atoms with Crippen LogP contribution in [0, 0.1) is 0 Å². The quantitative estimate of drug-likeness (QED) is 0.253. The van der Waals surface area contributed by atoms with Gasteiger partial charge >= 0.3 is 5.97 Å². The van der Waals surface area contributed by atoms with Crippen LogP contribution in [-0.4, -0.2) is 75.6 Å². The Labute approximate surface area is 209 Å². The molecule has 0 bridgehead atoms. The number of amides is 1. The van der Waals surface area contributed by atoms with E-state index in [-0.39, 0.29) is 13.2 Å². The summed E-state index contributed by atoms with van der Waals surface area (Å²) in [6, 6.07) is 10.4. The number of ether oxygens (including phenoxy) is 5. The summed E-state index contributed by atoms with van der Waals surface area (Å²) >= 11 is 0. The molecule has 0 aliphatic rings. The minimum Gasteiger partial charge on any atom is -0.487 e. The molecule has 0 saturated heterocycles. The fraction of sp³-hybridized carbons (Fsp3) is 0.360. The van der Waals surface area contributed by atoms with Crippen LogP contribution in [0.2, 0.25) is 0 Å². The molecular formula is C25H30N4O7. The van der Waals surface area contributed by atoms with Crippen LogP contribution >= 0.6 is 0 Å². The minimum absolute atomic E-state index is 0.207. The van der Waals surface area contributed by atoms with E-state index in [0.717, 1.165) is 0 Å². The molecule has 0 aliphatic carbocycles. The molecule has 0 radical (unpaired) electrons. The normalized spacial score (nSPS) is 10.6. The highest BCUT2D eigenvalue weighted by Gasteiger charge is 2.14. The number of anilines is 2. The molecule has 0 saturated carbocycles. The predicted octanol–water partition coefficient (Wildman–Crippen LogP) is 2.72. The lowest BCUT2D eigenvalue weighted by molar-refractivity contribution is -0.141. The van der Waals surface area contributed by atoms with Crippen LogP contribution in [0.25, 0.3) is 10.9 Å². The van der Waals surface area contributed by atoms with E-state index < -0.39 is 11.9 Å². The molecule has 11 heteroatoms. The lowest BCUT2D eigenvalue weighted by atomic mass is 10.1. The molecule has 2 aromatic carbocycles. The summed E-state index contributed by atoms with van der Waals surface area (Å²) in [7, 11) is 3.20. The summed E-state index contributed by atoms with van der Waals surface area (Å²) in [6.07, 6.45) is 1.44. The van der Waals surface area contributed by atoms with Crippen molar-refractivity contribution < 1.29 is 33.3 Å². The van der Waals surface area contributed by atoms with Gasteiger partial charge in [0.2, 0.25) is 0 Å². The van der Waals surface area contributed by atoms with Gasteiger partial charge in [0.1, 0.15) is 31.9 Å². The van der Waals surface area contributed by atoms with Gasteiger partial charge in [0.25, 0.3) is 5.91 Å². The molecule has 1 amide bonds. The first-order valence-corrected chi connectivity index (χ1v) is 11.4. The van der Waals surface area contributed by atoms with Crippen LogP contribution < -0.4 is 20.1 Å². The average molecular weight is 499 g/mol. The molecule has 1 heterocycles. The smallest absolute Gasteiger partial charge is 0.325 e. The third-order valence-corrected chi connectivity index (χ3v) is 4.88. The number of fused-ring (bicyclic) bond motifs is 1. The highest BCUT2D eigenvalue weighted by molar-refractivity contribution is 5.97. The highest BCUT2D eigenvalue weighted by atomic mass is 16.5. The molecule has 2 N–H and O–H groups in total. The van der Waals surface area contributed by atoms with Gasteiger partial charge in [-0.2, -0.15) is 0 Å². The van der Waals surface area contributed by atoms with Crippen LogP contribution in [0.3, 0.4) is 0 Å². The molecular weight excluding hydrogens is 468 g/mol. The van der Waals surface area contributed by atoms with E-state index in [2.05, 4.69) is 20.6 Å². The summed E-state index contributed by atoms with van der Waals surface area (Å²) < 4.78 is 26.7. The van der Waals surface area contributed by atoms with E-state index in [0.29, 0.717) is 65.9 Å². The van der Waals surface area contributed by atoms with Crippen molar-refractivity contribution in [1.82, 2.24) is 15.3 Å². The number of methoxy groups -OCH3 is 2. The zero-order valence-electron chi connectivity index (χ0n) is 20.5. The topological polar surface area (TPSA) is 130 Å². The van der Waals surface area contributed by atoms with E-state index in [4.69, 9.17) is 23.7 Å². The van der Waals surface area contributed by atoms with Crippen LogP contribution in [0.4, 0.5) is 11.5 Å². The number of aromatic nitrogens is 2. The Morgan fingerprint density at radius 2 is 1.64 bits per heavy atom. The number of nitrogens with zero attached hydrogens (tertiary/aromatic N) is 2. The van der Waals surface area contributed by atoms with Crippen LogP contribution in [0.15, 0.2) is 42.7 Å². The lowest BCUT2D eigenvalue weighted by Crippen LogP contribution is -2.30. The van der Waals surface area contributed by atoms with Gasteiger partial charge in [-0.3, -0.25) is 9.59 Å². The summed E-state index contributed by atoms with van der Waals surface area (Å²) in [6.45, 7) is 3.27. The Balaban J connectivity index is 1.83. The van der Waals surface area contributed by atoms with Gasteiger partial charge in [-0.1, -0.05) is 6.07 Å². The Morgan fingerprint density at radius 3 is 2.33 bits per heavy atom. The Kier molecular flexibility index (Phi) is 10.2. The van der Waals surface area contributed by atoms with Crippen molar-refractivity contribution in [2.24, 2.45) is 0 Å². The molecule has 3 rings (SSSR count). The van der Waals surface area contributed by atoms with Gasteiger partial charge in [0, 0.05) is 36.9 Å². The number of nitrogens with one attached hydrogen (secondary N) is 2. The van der Waals surface area contributed by atoms with Gasteiger partial charge < -0.3 is 34.3 Å². The summed E-state index contributed by atoms with van der Waals surface area (Å²) in [4.78, 5) is 32.7. The first-order valence-electron chi connectivity index (χ1n) is 11.4. The van der Waals surface area contributed by atoms with Crippen LogP contribution in [0.1, 0.15) is 17.3 Å². The summed E-state index contributed by atoms with van der Waals surface area (Å²) in [5.41, 5.74) is 1.64. The second-order valence-corrected chi connectivity index (χ2v) is 7.41. The highest BCUT2D eigenvalue weighted by Crippen LogP contribution is 2.35. The Bertz CT molecular complexity index is 1170. The van der Waals surface area contributed by atoms with E-state index in [9.17, 15) is 9.59 Å². The van der Waals surface area contributed by atoms with E-state index >= 15 is 0 Å². The van der Waals surface area contributed by atoms with Crippen molar-refractivity contribution in [3.8, 4) is 11.5 Å². The predicted molar refractivity (Wildman–Crippen MR) is 133 cm³/mol. The fourth-order valence-corrected chi connectivity index (χ4v) is 3.20. The van der Waals surface area contributed by atoms with Crippen molar-refractivity contribution in [3.63, 3.8) is 0 Å². The number of esters is 1.